The molecule has 14 heteroatoms. The van der Waals surface area contributed by atoms with E-state index in [9.17, 15) is 40.5 Å². The van der Waals surface area contributed by atoms with Crippen molar-refractivity contribution >= 4 is 5.97 Å². The van der Waals surface area contributed by atoms with Gasteiger partial charge in [-0.05, 0) is 38.5 Å². The molecule has 2 heterocycles. The Bertz CT molecular complexity index is 1270. The number of esters is 1. The summed E-state index contributed by atoms with van der Waals surface area (Å²) in [5.74, 6) is -0.386. The molecular formula is C57H106O14. The molecule has 0 aliphatic carbocycles. The SMILES string of the molecule is CCCC/C=C\C/C=C\CCCCCCCC(=O)OC(COCCCCCCCCCCCCCCCCCCCCCCCCC)COC1OC(COC2OC(CO)C(O)C(O)C2O)C(O)C(O)C1O. The Balaban J connectivity index is 1.69. The van der Waals surface area contributed by atoms with Crippen molar-refractivity contribution in [1.82, 2.24) is 0 Å². The first-order valence-corrected chi connectivity index (χ1v) is 28.9. The molecule has 7 N–H and O–H groups in total. The number of carbonyl (C=O) groups is 1. The number of ether oxygens (including phenoxy) is 6. The first-order chi connectivity index (χ1) is 34.6. The Kier molecular flexibility index (Phi) is 41.3. The maximum absolute atomic E-state index is 13.0. The molecule has 11 atom stereocenters. The fraction of sp³-hybridized carbons (Fsp3) is 0.912. The number of aliphatic hydroxyl groups is 7. The highest BCUT2D eigenvalue weighted by molar-refractivity contribution is 5.69. The lowest BCUT2D eigenvalue weighted by Crippen LogP contribution is -2.61. The van der Waals surface area contributed by atoms with Crippen LogP contribution in [0.2, 0.25) is 0 Å². The second-order valence-corrected chi connectivity index (χ2v) is 20.5. The standard InChI is InChI=1S/C57H106O14/c1-3-5-7-9-11-13-15-17-19-20-21-22-23-24-25-26-27-29-31-33-35-37-39-41-66-43-46(69-49(59)40-38-36-34-32-30-28-18-16-14-12-10-8-6-4-2)44-67-56-55(65)53(63)51(61)48(71-56)45-68-57-54(64)52(62)50(60)47(42-58)70-57/h10,12,16,18,46-48,50-58,60-65H,3-9,11,13-15,17,19-45H2,1-2H3/b12-10-,18-16-. The number of allylic oxidation sites excluding steroid dienone is 4. The number of unbranched alkanes of at least 4 members (excludes halogenated alkanes) is 29. The zero-order chi connectivity index (χ0) is 51.6. The molecule has 71 heavy (non-hydrogen) atoms. The summed E-state index contributed by atoms with van der Waals surface area (Å²) < 4.78 is 34.4. The summed E-state index contributed by atoms with van der Waals surface area (Å²) in [5, 5.41) is 72.3. The van der Waals surface area contributed by atoms with Gasteiger partial charge in [0.25, 0.3) is 0 Å². The molecule has 2 aliphatic heterocycles. The summed E-state index contributed by atoms with van der Waals surface area (Å²) in [6.45, 7) is 3.67. The lowest BCUT2D eigenvalue weighted by molar-refractivity contribution is -0.332. The molecule has 2 fully saturated rings. The smallest absolute Gasteiger partial charge is 0.306 e. The highest BCUT2D eigenvalue weighted by Crippen LogP contribution is 2.27. The normalized spacial score (nSPS) is 25.4. The van der Waals surface area contributed by atoms with Gasteiger partial charge in [-0.1, -0.05) is 212 Å². The van der Waals surface area contributed by atoms with E-state index in [-0.39, 0.29) is 25.6 Å². The minimum absolute atomic E-state index is 0.0603. The maximum atomic E-state index is 13.0. The van der Waals surface area contributed by atoms with E-state index in [1.165, 1.54) is 141 Å². The van der Waals surface area contributed by atoms with E-state index in [1.54, 1.807) is 0 Å². The molecule has 2 rings (SSSR count). The molecule has 418 valence electrons. The number of rotatable bonds is 47. The van der Waals surface area contributed by atoms with Crippen LogP contribution in [0, 0.1) is 0 Å². The minimum atomic E-state index is -1.71. The molecule has 0 saturated carbocycles. The predicted octanol–water partition coefficient (Wildman–Crippen LogP) is 9.97. The van der Waals surface area contributed by atoms with Gasteiger partial charge in [0.1, 0.15) is 54.9 Å². The van der Waals surface area contributed by atoms with Crippen molar-refractivity contribution in [2.24, 2.45) is 0 Å². The van der Waals surface area contributed by atoms with Crippen molar-refractivity contribution in [3.05, 3.63) is 24.3 Å². The molecule has 14 nitrogen and oxygen atoms in total. The summed E-state index contributed by atoms with van der Waals surface area (Å²) in [4.78, 5) is 13.0. The number of hydrogen-bond donors (Lipinski definition) is 7. The van der Waals surface area contributed by atoms with Crippen molar-refractivity contribution in [2.75, 3.05) is 33.0 Å². The van der Waals surface area contributed by atoms with E-state index in [0.717, 1.165) is 64.2 Å². The van der Waals surface area contributed by atoms with Crippen LogP contribution >= 0.6 is 0 Å². The van der Waals surface area contributed by atoms with E-state index in [2.05, 4.69) is 38.2 Å². The topological polar surface area (TPSA) is 214 Å². The van der Waals surface area contributed by atoms with Gasteiger partial charge in [0.2, 0.25) is 0 Å². The Labute approximate surface area is 430 Å². The van der Waals surface area contributed by atoms with Crippen LogP contribution in [-0.4, -0.2) is 142 Å². The molecule has 0 aromatic rings. The molecule has 11 unspecified atom stereocenters. The zero-order valence-corrected chi connectivity index (χ0v) is 44.7. The fourth-order valence-corrected chi connectivity index (χ4v) is 9.24. The van der Waals surface area contributed by atoms with Crippen LogP contribution in [0.5, 0.6) is 0 Å². The van der Waals surface area contributed by atoms with Crippen molar-refractivity contribution in [2.45, 2.75) is 300 Å². The van der Waals surface area contributed by atoms with Crippen LogP contribution in [0.1, 0.15) is 232 Å². The van der Waals surface area contributed by atoms with Crippen molar-refractivity contribution in [3.8, 4) is 0 Å². The monoisotopic (exact) mass is 1010 g/mol. The first kappa shape index (κ1) is 65.6. The van der Waals surface area contributed by atoms with E-state index in [4.69, 9.17) is 28.4 Å². The predicted molar refractivity (Wildman–Crippen MR) is 280 cm³/mol. The van der Waals surface area contributed by atoms with Crippen LogP contribution in [0.4, 0.5) is 0 Å². The fourth-order valence-electron chi connectivity index (χ4n) is 9.24. The largest absolute Gasteiger partial charge is 0.457 e. The minimum Gasteiger partial charge on any atom is -0.457 e. The van der Waals surface area contributed by atoms with E-state index in [0.29, 0.717) is 13.0 Å². The number of aliphatic hydroxyl groups excluding tert-OH is 7. The van der Waals surface area contributed by atoms with Gasteiger partial charge < -0.3 is 64.2 Å². The second kappa shape index (κ2) is 44.7. The molecule has 0 radical (unpaired) electrons. The summed E-state index contributed by atoms with van der Waals surface area (Å²) in [6.07, 6.45) is 33.9. The first-order valence-electron chi connectivity index (χ1n) is 28.9. The van der Waals surface area contributed by atoms with Gasteiger partial charge in [-0.15, -0.1) is 0 Å². The number of carbonyl (C=O) groups excluding carboxylic acids is 1. The van der Waals surface area contributed by atoms with Gasteiger partial charge in [0, 0.05) is 13.0 Å². The van der Waals surface area contributed by atoms with Gasteiger partial charge in [-0.25, -0.2) is 0 Å². The third-order valence-electron chi connectivity index (χ3n) is 14.0. The van der Waals surface area contributed by atoms with Gasteiger partial charge in [-0.2, -0.15) is 0 Å². The molecule has 2 saturated heterocycles. The molecular weight excluding hydrogens is 909 g/mol. The molecule has 0 aromatic heterocycles. The highest BCUT2D eigenvalue weighted by atomic mass is 16.7. The molecule has 0 aromatic carbocycles. The summed E-state index contributed by atoms with van der Waals surface area (Å²) in [7, 11) is 0. The summed E-state index contributed by atoms with van der Waals surface area (Å²) in [5.41, 5.74) is 0. The number of hydrogen-bond acceptors (Lipinski definition) is 14. The lowest BCUT2D eigenvalue weighted by Gasteiger charge is -2.42. The maximum Gasteiger partial charge on any atom is 0.306 e. The van der Waals surface area contributed by atoms with Gasteiger partial charge in [-0.3, -0.25) is 4.79 Å². The van der Waals surface area contributed by atoms with Crippen molar-refractivity contribution < 1.29 is 69.0 Å². The average molecular weight is 1020 g/mol. The zero-order valence-electron chi connectivity index (χ0n) is 44.7. The summed E-state index contributed by atoms with van der Waals surface area (Å²) >= 11 is 0. The Morgan fingerprint density at radius 3 is 1.39 bits per heavy atom. The Morgan fingerprint density at radius 2 is 0.887 bits per heavy atom. The quantitative estimate of drug-likeness (QED) is 0.0172. The van der Waals surface area contributed by atoms with Crippen molar-refractivity contribution in [3.63, 3.8) is 0 Å². The Morgan fingerprint density at radius 1 is 0.465 bits per heavy atom. The van der Waals surface area contributed by atoms with Crippen molar-refractivity contribution in [1.29, 1.82) is 0 Å². The third kappa shape index (κ3) is 31.8. The van der Waals surface area contributed by atoms with Gasteiger partial charge in [0.15, 0.2) is 12.6 Å². The van der Waals surface area contributed by atoms with Crippen LogP contribution < -0.4 is 0 Å². The third-order valence-corrected chi connectivity index (χ3v) is 14.0. The van der Waals surface area contributed by atoms with E-state index < -0.39 is 80.7 Å². The van der Waals surface area contributed by atoms with E-state index in [1.807, 2.05) is 0 Å². The van der Waals surface area contributed by atoms with Gasteiger partial charge >= 0.3 is 5.97 Å². The molecule has 0 amide bonds. The summed E-state index contributed by atoms with van der Waals surface area (Å²) in [6, 6.07) is 0. The highest BCUT2D eigenvalue weighted by Gasteiger charge is 2.47. The van der Waals surface area contributed by atoms with Gasteiger partial charge in [0.05, 0.1) is 26.4 Å². The second-order valence-electron chi connectivity index (χ2n) is 20.5. The molecule has 0 spiro atoms. The average Bonchev–Trinajstić information content (AvgIpc) is 3.37. The van der Waals surface area contributed by atoms with Crippen LogP contribution in [0.25, 0.3) is 0 Å². The lowest BCUT2D eigenvalue weighted by atomic mass is 9.98. The van der Waals surface area contributed by atoms with Crippen LogP contribution in [0.15, 0.2) is 24.3 Å². The molecule has 2 aliphatic rings. The van der Waals surface area contributed by atoms with Crippen LogP contribution in [0.3, 0.4) is 0 Å². The van der Waals surface area contributed by atoms with E-state index >= 15 is 0 Å². The Hall–Kier alpha value is -1.53. The molecule has 0 bridgehead atoms. The van der Waals surface area contributed by atoms with Crippen LogP contribution in [-0.2, 0) is 33.2 Å².